The van der Waals surface area contributed by atoms with Gasteiger partial charge in [-0.2, -0.15) is 10.3 Å². The first-order chi connectivity index (χ1) is 13.9. The topological polar surface area (TPSA) is 24.4 Å². The van der Waals surface area contributed by atoms with E-state index >= 15 is 0 Å². The molecule has 3 aliphatic carbocycles. The third kappa shape index (κ3) is 4.64. The van der Waals surface area contributed by atoms with Crippen molar-refractivity contribution in [2.45, 2.75) is 113 Å². The van der Waals surface area contributed by atoms with Gasteiger partial charge in [0.15, 0.2) is 0 Å². The highest BCUT2D eigenvalue weighted by Gasteiger charge is 2.58. The maximum Gasteiger partial charge on any atom is 0.131 e. The molecule has 0 aromatic heterocycles. The Balaban J connectivity index is 1.64. The normalized spacial score (nSPS) is 23.9. The highest BCUT2D eigenvalue weighted by Crippen LogP contribution is 2.74. The van der Waals surface area contributed by atoms with Crippen molar-refractivity contribution < 1.29 is 0 Å². The molecule has 3 fully saturated rings. The summed E-state index contributed by atoms with van der Waals surface area (Å²) >= 11 is 0. The van der Waals surface area contributed by atoms with Gasteiger partial charge in [-0.3, -0.25) is 0 Å². The second-order valence-corrected chi connectivity index (χ2v) is 13.5. The highest BCUT2D eigenvalue weighted by molar-refractivity contribution is 7.76. The lowest BCUT2D eigenvalue weighted by atomic mass is 9.99. The number of hydrogen-bond acceptors (Lipinski definition) is 2. The van der Waals surface area contributed by atoms with Crippen LogP contribution in [0.25, 0.3) is 0 Å². The van der Waals surface area contributed by atoms with E-state index in [4.69, 9.17) is 5.10 Å². The van der Waals surface area contributed by atoms with Crippen molar-refractivity contribution in [2.75, 3.05) is 0 Å². The fraction of sp³-hybridized carbons (Fsp3) is 0.720. The smallest absolute Gasteiger partial charge is 0.131 e. The molecule has 154 valence electrons. The number of benzene rings is 1. The molecule has 1 N–H and O–H groups in total. The quantitative estimate of drug-likeness (QED) is 0.298. The molecule has 0 amide bonds. The zero-order valence-corrected chi connectivity index (χ0v) is 18.6. The molecule has 4 rings (SSSR count). The second kappa shape index (κ2) is 10.2. The molecule has 1 aromatic rings. The first kappa shape index (κ1) is 20.4. The lowest BCUT2D eigenvalue weighted by Gasteiger charge is -2.47. The Bertz CT molecular complexity index is 551. The van der Waals surface area contributed by atoms with Crippen LogP contribution in [0.15, 0.2) is 35.4 Å². The van der Waals surface area contributed by atoms with Crippen LogP contribution in [0.5, 0.6) is 0 Å². The number of nitrogens with one attached hydrogen (secondary N) is 1. The van der Waals surface area contributed by atoms with E-state index in [9.17, 15) is 0 Å². The Hall–Kier alpha value is -0.880. The molecule has 1 aromatic carbocycles. The Morgan fingerprint density at radius 1 is 0.643 bits per heavy atom. The largest absolute Gasteiger partial charge is 0.183 e. The van der Waals surface area contributed by atoms with Crippen molar-refractivity contribution in [2.24, 2.45) is 5.10 Å². The van der Waals surface area contributed by atoms with Crippen molar-refractivity contribution >= 4 is 13.6 Å². The zero-order chi connectivity index (χ0) is 19.1. The van der Waals surface area contributed by atoms with Crippen molar-refractivity contribution in [1.82, 2.24) is 5.20 Å². The SMILES string of the molecule is C(=N\N[P+](C1CCCCC1)(C1CCCCC1)C1CCCCC1)/c1ccccc1. The van der Waals surface area contributed by atoms with Gasteiger partial charge in [-0.1, -0.05) is 49.6 Å². The molecule has 3 saturated carbocycles. The predicted octanol–water partition coefficient (Wildman–Crippen LogP) is 7.54. The average Bonchev–Trinajstić information content (AvgIpc) is 2.79. The van der Waals surface area contributed by atoms with Gasteiger partial charge in [-0.15, -0.1) is 0 Å². The van der Waals surface area contributed by atoms with Gasteiger partial charge in [-0.25, -0.2) is 0 Å². The summed E-state index contributed by atoms with van der Waals surface area (Å²) in [6.07, 6.45) is 24.0. The van der Waals surface area contributed by atoms with Crippen LogP contribution < -0.4 is 5.20 Å². The number of hydrazone groups is 1. The van der Waals surface area contributed by atoms with Crippen LogP contribution in [0.2, 0.25) is 0 Å². The molecular weight excluding hydrogens is 359 g/mol. The minimum Gasteiger partial charge on any atom is -0.183 e. The first-order valence-electron chi connectivity index (χ1n) is 12.1. The number of nitrogens with zero attached hydrogens (tertiary/aromatic N) is 1. The van der Waals surface area contributed by atoms with Gasteiger partial charge >= 0.3 is 0 Å². The van der Waals surface area contributed by atoms with Gasteiger partial charge in [0.2, 0.25) is 0 Å². The van der Waals surface area contributed by atoms with Crippen LogP contribution in [0.1, 0.15) is 102 Å². The number of rotatable bonds is 6. The Morgan fingerprint density at radius 2 is 1.07 bits per heavy atom. The third-order valence-corrected chi connectivity index (χ3v) is 13.4. The summed E-state index contributed by atoms with van der Waals surface area (Å²) in [6.45, 7) is 0. The van der Waals surface area contributed by atoms with E-state index in [1.165, 1.54) is 102 Å². The minimum atomic E-state index is -1.31. The molecular formula is C25H40N2P+. The Kier molecular flexibility index (Phi) is 7.46. The van der Waals surface area contributed by atoms with Crippen LogP contribution in [0.3, 0.4) is 0 Å². The van der Waals surface area contributed by atoms with Crippen molar-refractivity contribution in [3.63, 3.8) is 0 Å². The van der Waals surface area contributed by atoms with Gasteiger partial charge in [0.25, 0.3) is 0 Å². The van der Waals surface area contributed by atoms with E-state index in [0.717, 1.165) is 17.0 Å². The van der Waals surface area contributed by atoms with Crippen molar-refractivity contribution in [3.05, 3.63) is 35.9 Å². The van der Waals surface area contributed by atoms with E-state index < -0.39 is 7.41 Å². The molecule has 0 spiro atoms. The molecule has 0 saturated heterocycles. The monoisotopic (exact) mass is 399 g/mol. The van der Waals surface area contributed by atoms with E-state index in [2.05, 4.69) is 41.7 Å². The van der Waals surface area contributed by atoms with E-state index in [-0.39, 0.29) is 0 Å². The predicted molar refractivity (Wildman–Crippen MR) is 125 cm³/mol. The van der Waals surface area contributed by atoms with Crippen LogP contribution >= 0.6 is 7.41 Å². The molecule has 0 atom stereocenters. The van der Waals surface area contributed by atoms with Gasteiger partial charge in [0, 0.05) is 0 Å². The van der Waals surface area contributed by atoms with E-state index in [1.54, 1.807) is 0 Å². The summed E-state index contributed by atoms with van der Waals surface area (Å²) in [5.41, 5.74) is 4.02. The highest BCUT2D eigenvalue weighted by atomic mass is 31.2. The molecule has 0 heterocycles. The standard InChI is InChI=1S/C25H40N2P/c1-5-13-22(14-6-1)21-26-27-28(23-15-7-2-8-16-23,24-17-9-3-10-18-24)25-19-11-4-12-20-25/h1,5-6,13-14,21,23-25,27H,2-4,7-12,15-20H2/q+1/b26-21+. The molecule has 0 bridgehead atoms. The second-order valence-electron chi connectivity index (χ2n) is 9.48. The lowest BCUT2D eigenvalue weighted by Crippen LogP contribution is -2.41. The molecule has 3 heteroatoms. The number of hydrogen-bond donors (Lipinski definition) is 1. The molecule has 2 nitrogen and oxygen atoms in total. The zero-order valence-electron chi connectivity index (χ0n) is 17.7. The maximum atomic E-state index is 5.01. The first-order valence-corrected chi connectivity index (χ1v) is 14.1. The van der Waals surface area contributed by atoms with Gasteiger partial charge in [-0.05, 0) is 82.6 Å². The van der Waals surface area contributed by atoms with E-state index in [0.29, 0.717) is 0 Å². The Morgan fingerprint density at radius 3 is 1.50 bits per heavy atom. The average molecular weight is 400 g/mol. The van der Waals surface area contributed by atoms with Crippen LogP contribution in [-0.4, -0.2) is 23.2 Å². The molecule has 28 heavy (non-hydrogen) atoms. The molecule has 0 radical (unpaired) electrons. The summed E-state index contributed by atoms with van der Waals surface area (Å²) < 4.78 is 0. The molecule has 0 unspecified atom stereocenters. The summed E-state index contributed by atoms with van der Waals surface area (Å²) in [4.78, 5) is 0. The lowest BCUT2D eigenvalue weighted by molar-refractivity contribution is 0.445. The van der Waals surface area contributed by atoms with Gasteiger partial charge < -0.3 is 0 Å². The van der Waals surface area contributed by atoms with Crippen LogP contribution in [-0.2, 0) is 0 Å². The minimum absolute atomic E-state index is 0.931. The molecule has 0 aliphatic heterocycles. The van der Waals surface area contributed by atoms with Crippen molar-refractivity contribution in [1.29, 1.82) is 0 Å². The van der Waals surface area contributed by atoms with Crippen LogP contribution in [0.4, 0.5) is 0 Å². The summed E-state index contributed by atoms with van der Waals surface area (Å²) in [6, 6.07) is 10.7. The Labute approximate surface area is 173 Å². The maximum absolute atomic E-state index is 5.01. The van der Waals surface area contributed by atoms with E-state index in [1.807, 2.05) is 0 Å². The van der Waals surface area contributed by atoms with Gasteiger partial charge in [0.05, 0.1) is 23.2 Å². The fourth-order valence-electron chi connectivity index (χ4n) is 6.41. The third-order valence-electron chi connectivity index (χ3n) is 7.78. The molecule has 3 aliphatic rings. The van der Waals surface area contributed by atoms with Crippen LogP contribution in [0, 0.1) is 0 Å². The fourth-order valence-corrected chi connectivity index (χ4v) is 12.6. The summed E-state index contributed by atoms with van der Waals surface area (Å²) in [7, 11) is -1.31. The summed E-state index contributed by atoms with van der Waals surface area (Å²) in [5.74, 6) is 0. The van der Waals surface area contributed by atoms with Gasteiger partial charge in [0.1, 0.15) is 7.41 Å². The summed E-state index contributed by atoms with van der Waals surface area (Å²) in [5, 5.41) is 9.09. The van der Waals surface area contributed by atoms with Crippen molar-refractivity contribution in [3.8, 4) is 0 Å².